The average Bonchev–Trinajstić information content (AvgIpc) is 2.36. The number of hydrogen-bond acceptors (Lipinski definition) is 3. The lowest BCUT2D eigenvalue weighted by Gasteiger charge is -2.25. The number of halogens is 1. The normalized spacial score (nSPS) is 12.9. The van der Waals surface area contributed by atoms with Gasteiger partial charge in [0.25, 0.3) is 0 Å². The molecule has 1 aromatic rings. The van der Waals surface area contributed by atoms with E-state index in [9.17, 15) is 0 Å². The van der Waals surface area contributed by atoms with Crippen molar-refractivity contribution in [2.24, 2.45) is 0 Å². The van der Waals surface area contributed by atoms with Crippen molar-refractivity contribution in [1.29, 1.82) is 0 Å². The van der Waals surface area contributed by atoms with Crippen LogP contribution in [0.2, 0.25) is 0 Å². The summed E-state index contributed by atoms with van der Waals surface area (Å²) in [4.78, 5) is 2.20. The Kier molecular flexibility index (Phi) is 7.51. The highest BCUT2D eigenvalue weighted by atomic mass is 79.9. The van der Waals surface area contributed by atoms with Crippen molar-refractivity contribution in [3.63, 3.8) is 0 Å². The summed E-state index contributed by atoms with van der Waals surface area (Å²) in [5.74, 6) is 0.410. The summed E-state index contributed by atoms with van der Waals surface area (Å²) >= 11 is 3.48. The van der Waals surface area contributed by atoms with Gasteiger partial charge in [0, 0.05) is 30.7 Å². The second-order valence-corrected chi connectivity index (χ2v) is 5.47. The molecule has 0 bridgehead atoms. The molecule has 2 N–H and O–H groups in total. The molecule has 0 heterocycles. The molecule has 0 spiro atoms. The maximum atomic E-state index is 9.05. The first kappa shape index (κ1) is 15.6. The standard InChI is InChI=1S/C14H22BrNO2/c1-12(13-4-2-5-14(15)10-13)11-16(7-9-18)6-3-8-17/h2,4-5,10,12,17-18H,3,6-9,11H2,1H3. The van der Waals surface area contributed by atoms with Gasteiger partial charge in [0.05, 0.1) is 6.61 Å². The van der Waals surface area contributed by atoms with Crippen molar-refractivity contribution in [1.82, 2.24) is 4.90 Å². The Labute approximate surface area is 118 Å². The number of aliphatic hydroxyl groups excluding tert-OH is 2. The molecule has 0 saturated heterocycles. The van der Waals surface area contributed by atoms with E-state index in [1.165, 1.54) is 5.56 Å². The van der Waals surface area contributed by atoms with Gasteiger partial charge in [-0.2, -0.15) is 0 Å². The van der Waals surface area contributed by atoms with Crippen LogP contribution in [0.4, 0.5) is 0 Å². The van der Waals surface area contributed by atoms with Gasteiger partial charge in [-0.25, -0.2) is 0 Å². The summed E-state index contributed by atoms with van der Waals surface area (Å²) in [6, 6.07) is 8.32. The lowest BCUT2D eigenvalue weighted by molar-refractivity contribution is 0.174. The molecule has 0 aliphatic carbocycles. The van der Waals surface area contributed by atoms with E-state index in [1.54, 1.807) is 0 Å². The largest absolute Gasteiger partial charge is 0.396 e. The molecule has 0 aromatic heterocycles. The zero-order valence-electron chi connectivity index (χ0n) is 10.8. The van der Waals surface area contributed by atoms with Gasteiger partial charge in [-0.3, -0.25) is 0 Å². The Morgan fingerprint density at radius 3 is 2.61 bits per heavy atom. The molecule has 0 amide bonds. The van der Waals surface area contributed by atoms with Crippen LogP contribution in [0.15, 0.2) is 28.7 Å². The number of aliphatic hydroxyl groups is 2. The quantitative estimate of drug-likeness (QED) is 0.773. The molecule has 18 heavy (non-hydrogen) atoms. The predicted molar refractivity (Wildman–Crippen MR) is 77.8 cm³/mol. The Bertz CT molecular complexity index is 346. The first-order valence-electron chi connectivity index (χ1n) is 6.37. The van der Waals surface area contributed by atoms with Crippen LogP contribution in [-0.2, 0) is 0 Å². The summed E-state index contributed by atoms with van der Waals surface area (Å²) in [7, 11) is 0. The van der Waals surface area contributed by atoms with Gasteiger partial charge >= 0.3 is 0 Å². The Morgan fingerprint density at radius 1 is 1.22 bits per heavy atom. The van der Waals surface area contributed by atoms with E-state index in [4.69, 9.17) is 10.2 Å². The van der Waals surface area contributed by atoms with Gasteiger partial charge < -0.3 is 15.1 Å². The summed E-state index contributed by atoms with van der Waals surface area (Å²) in [5, 5.41) is 17.9. The highest BCUT2D eigenvalue weighted by molar-refractivity contribution is 9.10. The summed E-state index contributed by atoms with van der Waals surface area (Å²) < 4.78 is 1.09. The Hall–Kier alpha value is -0.420. The van der Waals surface area contributed by atoms with E-state index in [2.05, 4.69) is 39.9 Å². The molecule has 1 atom stereocenters. The van der Waals surface area contributed by atoms with Crippen LogP contribution in [0, 0.1) is 0 Å². The van der Waals surface area contributed by atoms with E-state index in [1.807, 2.05) is 12.1 Å². The summed E-state index contributed by atoms with van der Waals surface area (Å²) in [6.07, 6.45) is 0.755. The fourth-order valence-corrected chi connectivity index (χ4v) is 2.45. The third kappa shape index (κ3) is 5.48. The molecule has 0 radical (unpaired) electrons. The van der Waals surface area contributed by atoms with Crippen molar-refractivity contribution in [3.05, 3.63) is 34.3 Å². The molecule has 0 aliphatic heterocycles. The Balaban J connectivity index is 2.56. The molecule has 0 saturated carbocycles. The number of benzene rings is 1. The molecular formula is C14H22BrNO2. The molecule has 1 aromatic carbocycles. The highest BCUT2D eigenvalue weighted by Gasteiger charge is 2.11. The monoisotopic (exact) mass is 315 g/mol. The van der Waals surface area contributed by atoms with E-state index in [0.717, 1.165) is 24.0 Å². The fraction of sp³-hybridized carbons (Fsp3) is 0.571. The van der Waals surface area contributed by atoms with Gasteiger partial charge in [-0.05, 0) is 30.0 Å². The van der Waals surface area contributed by atoms with Crippen LogP contribution < -0.4 is 0 Å². The molecule has 3 nitrogen and oxygen atoms in total. The maximum Gasteiger partial charge on any atom is 0.0558 e. The number of hydrogen-bond donors (Lipinski definition) is 2. The molecular weight excluding hydrogens is 294 g/mol. The lowest BCUT2D eigenvalue weighted by atomic mass is 10.0. The third-order valence-electron chi connectivity index (χ3n) is 3.00. The van der Waals surface area contributed by atoms with Gasteiger partial charge in [-0.1, -0.05) is 35.0 Å². The van der Waals surface area contributed by atoms with Crippen LogP contribution in [0.3, 0.4) is 0 Å². The zero-order chi connectivity index (χ0) is 13.4. The fourth-order valence-electron chi connectivity index (χ4n) is 2.04. The van der Waals surface area contributed by atoms with Crippen molar-refractivity contribution < 1.29 is 10.2 Å². The number of nitrogens with zero attached hydrogens (tertiary/aromatic N) is 1. The third-order valence-corrected chi connectivity index (χ3v) is 3.49. The van der Waals surface area contributed by atoms with Crippen molar-refractivity contribution in [2.75, 3.05) is 32.8 Å². The van der Waals surface area contributed by atoms with Gasteiger partial charge in [0.2, 0.25) is 0 Å². The van der Waals surface area contributed by atoms with Gasteiger partial charge in [-0.15, -0.1) is 0 Å². The SMILES string of the molecule is CC(CN(CCO)CCCO)c1cccc(Br)c1. The van der Waals surface area contributed by atoms with Crippen LogP contribution in [-0.4, -0.2) is 48.0 Å². The van der Waals surface area contributed by atoms with Crippen LogP contribution in [0.25, 0.3) is 0 Å². The molecule has 4 heteroatoms. The lowest BCUT2D eigenvalue weighted by Crippen LogP contribution is -2.32. The van der Waals surface area contributed by atoms with E-state index >= 15 is 0 Å². The zero-order valence-corrected chi connectivity index (χ0v) is 12.4. The smallest absolute Gasteiger partial charge is 0.0558 e. The predicted octanol–water partition coefficient (Wildman–Crippen LogP) is 2.23. The maximum absolute atomic E-state index is 9.05. The van der Waals surface area contributed by atoms with Crippen LogP contribution in [0.5, 0.6) is 0 Å². The first-order chi connectivity index (χ1) is 8.67. The minimum absolute atomic E-state index is 0.163. The molecule has 1 rings (SSSR count). The molecule has 1 unspecified atom stereocenters. The van der Waals surface area contributed by atoms with Crippen molar-refractivity contribution in [3.8, 4) is 0 Å². The molecule has 0 aliphatic rings. The second-order valence-electron chi connectivity index (χ2n) is 4.56. The van der Waals surface area contributed by atoms with E-state index in [0.29, 0.717) is 12.5 Å². The highest BCUT2D eigenvalue weighted by Crippen LogP contribution is 2.20. The second kappa shape index (κ2) is 8.64. The Morgan fingerprint density at radius 2 is 2.00 bits per heavy atom. The van der Waals surface area contributed by atoms with E-state index < -0.39 is 0 Å². The summed E-state index contributed by atoms with van der Waals surface area (Å²) in [5.41, 5.74) is 1.29. The minimum atomic E-state index is 0.163. The summed E-state index contributed by atoms with van der Waals surface area (Å²) in [6.45, 7) is 4.94. The van der Waals surface area contributed by atoms with Gasteiger partial charge in [0.15, 0.2) is 0 Å². The number of rotatable bonds is 8. The van der Waals surface area contributed by atoms with Crippen molar-refractivity contribution >= 4 is 15.9 Å². The van der Waals surface area contributed by atoms with Gasteiger partial charge in [0.1, 0.15) is 0 Å². The van der Waals surface area contributed by atoms with E-state index in [-0.39, 0.29) is 13.2 Å². The molecule has 0 fully saturated rings. The van der Waals surface area contributed by atoms with Crippen LogP contribution in [0.1, 0.15) is 24.8 Å². The van der Waals surface area contributed by atoms with Crippen molar-refractivity contribution in [2.45, 2.75) is 19.3 Å². The minimum Gasteiger partial charge on any atom is -0.396 e. The molecule has 102 valence electrons. The first-order valence-corrected chi connectivity index (χ1v) is 7.16. The average molecular weight is 316 g/mol. The van der Waals surface area contributed by atoms with Crippen LogP contribution >= 0.6 is 15.9 Å². The topological polar surface area (TPSA) is 43.7 Å².